The van der Waals surface area contributed by atoms with Crippen LogP contribution in [0.1, 0.15) is 21.5 Å². The Morgan fingerprint density at radius 1 is 1.14 bits per heavy atom. The van der Waals surface area contributed by atoms with Crippen molar-refractivity contribution in [1.82, 2.24) is 0 Å². The number of amides is 2. The molecule has 8 nitrogen and oxygen atoms in total. The van der Waals surface area contributed by atoms with Gasteiger partial charge in [0.15, 0.2) is 0 Å². The lowest BCUT2D eigenvalue weighted by atomic mass is 9.92. The number of benzene rings is 1. The van der Waals surface area contributed by atoms with Gasteiger partial charge in [0.1, 0.15) is 0 Å². The van der Waals surface area contributed by atoms with Crippen molar-refractivity contribution < 1.29 is 30.0 Å². The molecule has 0 saturated carbocycles. The Hall–Kier alpha value is -2.00. The van der Waals surface area contributed by atoms with Crippen molar-refractivity contribution in [2.45, 2.75) is 25.0 Å². The molecule has 2 amide bonds. The maximum absolute atomic E-state index is 11.4. The van der Waals surface area contributed by atoms with Gasteiger partial charge in [0.2, 0.25) is 12.3 Å². The van der Waals surface area contributed by atoms with Gasteiger partial charge in [0.25, 0.3) is 0 Å². The second-order valence-corrected chi connectivity index (χ2v) is 4.52. The Morgan fingerprint density at radius 3 is 2.09 bits per heavy atom. The minimum absolute atomic E-state index is 0.0586. The van der Waals surface area contributed by atoms with Crippen LogP contribution in [0.5, 0.6) is 0 Å². The molecule has 1 aromatic carbocycles. The fourth-order valence-corrected chi connectivity index (χ4v) is 1.92. The number of hydrogen-bond donors (Lipinski definition) is 6. The zero-order valence-electron chi connectivity index (χ0n) is 12.1. The van der Waals surface area contributed by atoms with E-state index in [1.54, 1.807) is 12.1 Å². The second kappa shape index (κ2) is 10.7. The van der Waals surface area contributed by atoms with Gasteiger partial charge in [-0.1, -0.05) is 12.1 Å². The molecule has 0 aliphatic heterocycles. The van der Waals surface area contributed by atoms with Crippen LogP contribution in [-0.4, -0.2) is 58.2 Å². The van der Waals surface area contributed by atoms with E-state index in [4.69, 9.17) is 20.7 Å². The van der Waals surface area contributed by atoms with Crippen molar-refractivity contribution in [2.75, 3.05) is 13.2 Å². The summed E-state index contributed by atoms with van der Waals surface area (Å²) in [6, 6.07) is 4.83. The molecule has 124 valence electrons. The number of aliphatic hydroxyl groups excluding tert-OH is 4. The van der Waals surface area contributed by atoms with Crippen molar-refractivity contribution >= 4 is 12.3 Å². The van der Waals surface area contributed by atoms with E-state index in [0.717, 1.165) is 0 Å². The van der Waals surface area contributed by atoms with E-state index in [0.29, 0.717) is 11.1 Å². The summed E-state index contributed by atoms with van der Waals surface area (Å²) in [7, 11) is 0. The predicted molar refractivity (Wildman–Crippen MR) is 78.8 cm³/mol. The molecular formula is C14H22N2O6. The summed E-state index contributed by atoms with van der Waals surface area (Å²) in [5.41, 5.74) is 10.8. The Balaban J connectivity index is 0.00000135. The lowest BCUT2D eigenvalue weighted by Gasteiger charge is -2.17. The summed E-state index contributed by atoms with van der Waals surface area (Å²) in [5.74, 6) is -0.638. The molecule has 8 heteroatoms. The third kappa shape index (κ3) is 6.64. The monoisotopic (exact) mass is 314 g/mol. The quantitative estimate of drug-likeness (QED) is 0.309. The zero-order chi connectivity index (χ0) is 17.1. The second-order valence-electron chi connectivity index (χ2n) is 4.52. The molecule has 0 aromatic heterocycles. The Labute approximate surface area is 128 Å². The van der Waals surface area contributed by atoms with Crippen molar-refractivity contribution in [2.24, 2.45) is 11.5 Å². The van der Waals surface area contributed by atoms with Gasteiger partial charge in [-0.25, -0.2) is 0 Å². The van der Waals surface area contributed by atoms with Crippen LogP contribution in [0.25, 0.3) is 0 Å². The molecule has 0 heterocycles. The standard InChI is InChI=1S/C13H19NO5.CH3NO/c14-13(19)11-3-1-2-8(4-9(17)6-15)12(11)5-10(18)7-16;2-1-3/h1-3,9-10,15-18H,4-7H2,(H2,14,19);1H,(H2,2,3). The van der Waals surface area contributed by atoms with Crippen LogP contribution in [0, 0.1) is 0 Å². The minimum atomic E-state index is -1.01. The largest absolute Gasteiger partial charge is 0.394 e. The van der Waals surface area contributed by atoms with Gasteiger partial charge in [0, 0.05) is 18.4 Å². The number of rotatable bonds is 7. The van der Waals surface area contributed by atoms with Crippen LogP contribution in [0.3, 0.4) is 0 Å². The summed E-state index contributed by atoms with van der Waals surface area (Å²) in [6.07, 6.45) is -1.51. The van der Waals surface area contributed by atoms with E-state index in [9.17, 15) is 15.0 Å². The normalized spacial score (nSPS) is 12.7. The van der Waals surface area contributed by atoms with Crippen LogP contribution in [-0.2, 0) is 17.6 Å². The molecule has 0 spiro atoms. The topological polar surface area (TPSA) is 167 Å². The summed E-state index contributed by atoms with van der Waals surface area (Å²) in [5, 5.41) is 36.7. The van der Waals surface area contributed by atoms with Gasteiger partial charge < -0.3 is 31.9 Å². The van der Waals surface area contributed by atoms with E-state index in [1.165, 1.54) is 6.07 Å². The SMILES string of the molecule is NC(=O)c1cccc(CC(O)CO)c1CC(O)CO.NC=O. The van der Waals surface area contributed by atoms with Crippen molar-refractivity contribution in [1.29, 1.82) is 0 Å². The first-order valence-electron chi connectivity index (χ1n) is 6.54. The zero-order valence-corrected chi connectivity index (χ0v) is 12.1. The van der Waals surface area contributed by atoms with Crippen LogP contribution in [0.15, 0.2) is 18.2 Å². The number of hydrogen-bond acceptors (Lipinski definition) is 6. The Bertz CT molecular complexity index is 480. The van der Waals surface area contributed by atoms with Crippen molar-refractivity contribution in [3.05, 3.63) is 34.9 Å². The molecule has 0 saturated heterocycles. The molecule has 0 radical (unpaired) electrons. The van der Waals surface area contributed by atoms with Gasteiger partial charge >= 0.3 is 0 Å². The number of carbonyl (C=O) groups is 2. The maximum atomic E-state index is 11.4. The highest BCUT2D eigenvalue weighted by atomic mass is 16.3. The van der Waals surface area contributed by atoms with E-state index < -0.39 is 31.3 Å². The highest BCUT2D eigenvalue weighted by molar-refractivity contribution is 5.94. The molecule has 8 N–H and O–H groups in total. The molecular weight excluding hydrogens is 292 g/mol. The van der Waals surface area contributed by atoms with Crippen LogP contribution >= 0.6 is 0 Å². The molecule has 0 aliphatic rings. The van der Waals surface area contributed by atoms with E-state index >= 15 is 0 Å². The first-order chi connectivity index (χ1) is 10.4. The van der Waals surface area contributed by atoms with Gasteiger partial charge in [0.05, 0.1) is 25.4 Å². The average molecular weight is 314 g/mol. The molecule has 2 atom stereocenters. The molecule has 1 aromatic rings. The summed E-state index contributed by atoms with van der Waals surface area (Å²) < 4.78 is 0. The van der Waals surface area contributed by atoms with Crippen molar-refractivity contribution in [3.8, 4) is 0 Å². The summed E-state index contributed by atoms with van der Waals surface area (Å²) >= 11 is 0. The molecule has 22 heavy (non-hydrogen) atoms. The Kier molecular flexibility index (Phi) is 9.72. The lowest BCUT2D eigenvalue weighted by Crippen LogP contribution is -2.23. The van der Waals surface area contributed by atoms with Crippen LogP contribution in [0.2, 0.25) is 0 Å². The predicted octanol–water partition coefficient (Wildman–Crippen LogP) is -2.32. The smallest absolute Gasteiger partial charge is 0.248 e. The third-order valence-corrected chi connectivity index (χ3v) is 2.86. The first-order valence-corrected chi connectivity index (χ1v) is 6.54. The number of nitrogens with two attached hydrogens (primary N) is 2. The number of aliphatic hydroxyl groups is 4. The fourth-order valence-electron chi connectivity index (χ4n) is 1.92. The minimum Gasteiger partial charge on any atom is -0.394 e. The van der Waals surface area contributed by atoms with E-state index in [2.05, 4.69) is 5.73 Å². The molecule has 0 fully saturated rings. The van der Waals surface area contributed by atoms with E-state index in [1.807, 2.05) is 0 Å². The number of carbonyl (C=O) groups excluding carboxylic acids is 2. The number of primary amides is 2. The van der Waals surface area contributed by atoms with Gasteiger partial charge in [-0.2, -0.15) is 0 Å². The van der Waals surface area contributed by atoms with Crippen LogP contribution in [0.4, 0.5) is 0 Å². The van der Waals surface area contributed by atoms with Crippen LogP contribution < -0.4 is 11.5 Å². The molecule has 0 aliphatic carbocycles. The van der Waals surface area contributed by atoms with Gasteiger partial charge in [-0.3, -0.25) is 9.59 Å². The first kappa shape index (κ1) is 20.0. The molecule has 2 unspecified atom stereocenters. The molecule has 1 rings (SSSR count). The lowest BCUT2D eigenvalue weighted by molar-refractivity contribution is -0.106. The average Bonchev–Trinajstić information content (AvgIpc) is 2.49. The van der Waals surface area contributed by atoms with Gasteiger partial charge in [-0.15, -0.1) is 0 Å². The van der Waals surface area contributed by atoms with Gasteiger partial charge in [-0.05, 0) is 17.2 Å². The molecule has 0 bridgehead atoms. The van der Waals surface area contributed by atoms with E-state index in [-0.39, 0.29) is 24.8 Å². The highest BCUT2D eigenvalue weighted by Crippen LogP contribution is 2.19. The summed E-state index contributed by atoms with van der Waals surface area (Å²) in [4.78, 5) is 19.9. The maximum Gasteiger partial charge on any atom is 0.248 e. The van der Waals surface area contributed by atoms with Crippen molar-refractivity contribution in [3.63, 3.8) is 0 Å². The fraction of sp³-hybridized carbons (Fsp3) is 0.429. The summed E-state index contributed by atoms with van der Waals surface area (Å²) in [6.45, 7) is -0.835. The third-order valence-electron chi connectivity index (χ3n) is 2.86. The highest BCUT2D eigenvalue weighted by Gasteiger charge is 2.17. The Morgan fingerprint density at radius 2 is 1.64 bits per heavy atom.